The Morgan fingerprint density at radius 2 is 2.07 bits per heavy atom. The molecule has 0 heterocycles. The maximum Gasteiger partial charge on any atom is 0.313 e. The summed E-state index contributed by atoms with van der Waals surface area (Å²) in [7, 11) is 0. The monoisotopic (exact) mass is 217 g/mol. The van der Waals surface area contributed by atoms with Crippen molar-refractivity contribution in [2.24, 2.45) is 11.1 Å². The van der Waals surface area contributed by atoms with E-state index in [1.54, 1.807) is 0 Å². The molecule has 0 aromatic rings. The largest absolute Gasteiger partial charge is 0.460 e. The molecule has 0 radical (unpaired) electrons. The van der Waals surface area contributed by atoms with Gasteiger partial charge in [0.2, 0.25) is 0 Å². The van der Waals surface area contributed by atoms with E-state index in [1.807, 2.05) is 27.7 Å². The third-order valence-electron chi connectivity index (χ3n) is 2.59. The van der Waals surface area contributed by atoms with Crippen LogP contribution in [0, 0.1) is 5.41 Å². The molecule has 90 valence electrons. The van der Waals surface area contributed by atoms with E-state index in [0.29, 0.717) is 26.2 Å². The fourth-order valence-corrected chi connectivity index (χ4v) is 1.01. The van der Waals surface area contributed by atoms with Crippen LogP contribution in [0.2, 0.25) is 0 Å². The first-order chi connectivity index (χ1) is 7.00. The van der Waals surface area contributed by atoms with Gasteiger partial charge in [-0.3, -0.25) is 4.79 Å². The molecule has 0 bridgehead atoms. The van der Waals surface area contributed by atoms with Crippen LogP contribution in [0.1, 0.15) is 34.1 Å². The molecule has 0 aliphatic carbocycles. The van der Waals surface area contributed by atoms with Gasteiger partial charge in [0.15, 0.2) is 0 Å². The van der Waals surface area contributed by atoms with Gasteiger partial charge in [-0.2, -0.15) is 0 Å². The second-order valence-corrected chi connectivity index (χ2v) is 3.99. The van der Waals surface area contributed by atoms with E-state index in [9.17, 15) is 4.79 Å². The molecule has 2 atom stereocenters. The Hall–Kier alpha value is -0.610. The average Bonchev–Trinajstić information content (AvgIpc) is 2.24. The van der Waals surface area contributed by atoms with Gasteiger partial charge >= 0.3 is 5.97 Å². The van der Waals surface area contributed by atoms with Crippen LogP contribution in [-0.2, 0) is 14.3 Å². The number of carbonyl (C=O) groups is 1. The second kappa shape index (κ2) is 6.80. The van der Waals surface area contributed by atoms with Crippen molar-refractivity contribution in [2.45, 2.75) is 40.2 Å². The zero-order valence-corrected chi connectivity index (χ0v) is 10.2. The van der Waals surface area contributed by atoms with Crippen molar-refractivity contribution in [2.75, 3.05) is 19.8 Å². The Kier molecular flexibility index (Phi) is 6.52. The molecule has 0 aliphatic rings. The molecule has 0 saturated carbocycles. The molecular weight excluding hydrogens is 194 g/mol. The Bertz CT molecular complexity index is 190. The number of hydrogen-bond donors (Lipinski definition) is 1. The van der Waals surface area contributed by atoms with Crippen LogP contribution in [0.15, 0.2) is 0 Å². The van der Waals surface area contributed by atoms with E-state index in [4.69, 9.17) is 15.2 Å². The lowest BCUT2D eigenvalue weighted by atomic mass is 9.88. The maximum atomic E-state index is 11.7. The van der Waals surface area contributed by atoms with Crippen molar-refractivity contribution < 1.29 is 14.3 Å². The van der Waals surface area contributed by atoms with E-state index in [1.165, 1.54) is 0 Å². The van der Waals surface area contributed by atoms with Crippen LogP contribution >= 0.6 is 0 Å². The summed E-state index contributed by atoms with van der Waals surface area (Å²) in [5.74, 6) is -0.236. The summed E-state index contributed by atoms with van der Waals surface area (Å²) >= 11 is 0. The van der Waals surface area contributed by atoms with Crippen molar-refractivity contribution >= 4 is 5.97 Å². The van der Waals surface area contributed by atoms with Crippen molar-refractivity contribution in [3.8, 4) is 0 Å². The third-order valence-corrected chi connectivity index (χ3v) is 2.59. The molecule has 0 fully saturated rings. The number of hydrogen-bond acceptors (Lipinski definition) is 4. The van der Waals surface area contributed by atoms with Crippen molar-refractivity contribution in [1.82, 2.24) is 0 Å². The summed E-state index contributed by atoms with van der Waals surface area (Å²) in [6, 6.07) is 0. The van der Waals surface area contributed by atoms with E-state index in [2.05, 4.69) is 0 Å². The van der Waals surface area contributed by atoms with Gasteiger partial charge in [0.05, 0.1) is 12.0 Å². The van der Waals surface area contributed by atoms with Gasteiger partial charge in [-0.1, -0.05) is 6.92 Å². The lowest BCUT2D eigenvalue weighted by Crippen LogP contribution is -2.39. The van der Waals surface area contributed by atoms with Crippen LogP contribution in [-0.4, -0.2) is 31.8 Å². The summed E-state index contributed by atoms with van der Waals surface area (Å²) < 4.78 is 10.4. The Morgan fingerprint density at radius 1 is 1.47 bits per heavy atom. The van der Waals surface area contributed by atoms with Gasteiger partial charge in [-0.05, 0) is 27.2 Å². The fraction of sp³-hybridized carbons (Fsp3) is 0.909. The molecule has 0 rings (SSSR count). The molecule has 4 nitrogen and oxygen atoms in total. The van der Waals surface area contributed by atoms with Gasteiger partial charge < -0.3 is 15.2 Å². The molecule has 2 unspecified atom stereocenters. The second-order valence-electron chi connectivity index (χ2n) is 3.99. The van der Waals surface area contributed by atoms with Gasteiger partial charge in [-0.15, -0.1) is 0 Å². The summed E-state index contributed by atoms with van der Waals surface area (Å²) in [6.45, 7) is 8.86. The van der Waals surface area contributed by atoms with E-state index >= 15 is 0 Å². The average molecular weight is 217 g/mol. The lowest BCUT2D eigenvalue weighted by molar-refractivity contribution is -0.162. The standard InChI is InChI=1S/C11H23NO3/c1-5-11(4,8-12)10(13)15-9(3)7-14-6-2/h9H,5-8,12H2,1-4H3. The molecule has 0 aromatic heterocycles. The number of ether oxygens (including phenoxy) is 2. The first-order valence-electron chi connectivity index (χ1n) is 5.49. The minimum atomic E-state index is -0.569. The Labute approximate surface area is 92.1 Å². The zero-order chi connectivity index (χ0) is 11.9. The van der Waals surface area contributed by atoms with Gasteiger partial charge in [-0.25, -0.2) is 0 Å². The third kappa shape index (κ3) is 4.62. The van der Waals surface area contributed by atoms with E-state index in [-0.39, 0.29) is 12.1 Å². The molecule has 0 spiro atoms. The molecule has 0 aliphatic heterocycles. The van der Waals surface area contributed by atoms with Crippen molar-refractivity contribution in [3.63, 3.8) is 0 Å². The molecule has 0 amide bonds. The minimum Gasteiger partial charge on any atom is -0.460 e. The fourth-order valence-electron chi connectivity index (χ4n) is 1.01. The normalized spacial score (nSPS) is 16.9. The Balaban J connectivity index is 4.10. The van der Waals surface area contributed by atoms with Crippen LogP contribution in [0.25, 0.3) is 0 Å². The molecular formula is C11H23NO3. The molecule has 0 saturated heterocycles. The highest BCUT2D eigenvalue weighted by Gasteiger charge is 2.32. The number of rotatable bonds is 7. The van der Waals surface area contributed by atoms with Crippen LogP contribution in [0.3, 0.4) is 0 Å². The molecule has 4 heteroatoms. The smallest absolute Gasteiger partial charge is 0.313 e. The predicted molar refractivity (Wildman–Crippen MR) is 59.5 cm³/mol. The topological polar surface area (TPSA) is 61.5 Å². The van der Waals surface area contributed by atoms with Crippen LogP contribution in [0.4, 0.5) is 0 Å². The summed E-state index contributed by atoms with van der Waals surface area (Å²) in [6.07, 6.45) is 0.471. The highest BCUT2D eigenvalue weighted by molar-refractivity contribution is 5.76. The maximum absolute atomic E-state index is 11.7. The number of nitrogens with two attached hydrogens (primary N) is 1. The van der Waals surface area contributed by atoms with Crippen LogP contribution in [0.5, 0.6) is 0 Å². The quantitative estimate of drug-likeness (QED) is 0.653. The summed E-state index contributed by atoms with van der Waals surface area (Å²) in [5.41, 5.74) is 4.99. The molecule has 0 aromatic carbocycles. The van der Waals surface area contributed by atoms with E-state index in [0.717, 1.165) is 0 Å². The Morgan fingerprint density at radius 3 is 2.47 bits per heavy atom. The first-order valence-corrected chi connectivity index (χ1v) is 5.49. The van der Waals surface area contributed by atoms with Crippen molar-refractivity contribution in [3.05, 3.63) is 0 Å². The van der Waals surface area contributed by atoms with Gasteiger partial charge in [0.25, 0.3) is 0 Å². The van der Waals surface area contributed by atoms with Gasteiger partial charge in [0.1, 0.15) is 6.10 Å². The highest BCUT2D eigenvalue weighted by Crippen LogP contribution is 2.21. The lowest BCUT2D eigenvalue weighted by Gasteiger charge is -2.26. The number of esters is 1. The molecule has 2 N–H and O–H groups in total. The summed E-state index contributed by atoms with van der Waals surface area (Å²) in [5, 5.41) is 0. The van der Waals surface area contributed by atoms with Crippen LogP contribution < -0.4 is 5.73 Å². The minimum absolute atomic E-state index is 0.213. The van der Waals surface area contributed by atoms with Crippen molar-refractivity contribution in [1.29, 1.82) is 0 Å². The molecule has 15 heavy (non-hydrogen) atoms. The highest BCUT2D eigenvalue weighted by atomic mass is 16.6. The summed E-state index contributed by atoms with van der Waals surface area (Å²) in [4.78, 5) is 11.7. The van der Waals surface area contributed by atoms with E-state index < -0.39 is 5.41 Å². The SMILES string of the molecule is CCOCC(C)OC(=O)C(C)(CC)CN. The predicted octanol–water partition coefficient (Wildman–Crippen LogP) is 1.33. The zero-order valence-electron chi connectivity index (χ0n) is 10.2. The van der Waals surface area contributed by atoms with Gasteiger partial charge in [0, 0.05) is 13.2 Å². The first kappa shape index (κ1) is 14.4. The number of carbonyl (C=O) groups excluding carboxylic acids is 1.